The summed E-state index contributed by atoms with van der Waals surface area (Å²) in [5.41, 5.74) is 0. The molecular weight excluding hydrogens is 230 g/mol. The average Bonchev–Trinajstić information content (AvgIpc) is 2.94. The third-order valence-corrected chi connectivity index (χ3v) is 3.25. The van der Waals surface area contributed by atoms with Gasteiger partial charge in [-0.1, -0.05) is 12.2 Å². The Hall–Kier alpha value is -1.55. The fraction of sp³-hybridized carbons (Fsp3) is 0.500. The van der Waals surface area contributed by atoms with Gasteiger partial charge in [0.15, 0.2) is 0 Å². The molecule has 2 atom stereocenters. The van der Waals surface area contributed by atoms with E-state index in [0.29, 0.717) is 6.54 Å². The summed E-state index contributed by atoms with van der Waals surface area (Å²) >= 11 is 0. The maximum absolute atomic E-state index is 12.0. The van der Waals surface area contributed by atoms with Crippen molar-refractivity contribution >= 4 is 5.91 Å². The molecule has 1 heterocycles. The zero-order valence-electron chi connectivity index (χ0n) is 10.6. The van der Waals surface area contributed by atoms with Gasteiger partial charge in [-0.25, -0.2) is 0 Å². The van der Waals surface area contributed by atoms with Crippen molar-refractivity contribution in [3.63, 3.8) is 0 Å². The van der Waals surface area contributed by atoms with Gasteiger partial charge in [-0.3, -0.25) is 4.79 Å². The van der Waals surface area contributed by atoms with Crippen LogP contribution in [0.3, 0.4) is 0 Å². The van der Waals surface area contributed by atoms with Gasteiger partial charge in [0.1, 0.15) is 11.9 Å². The highest BCUT2D eigenvalue weighted by Crippen LogP contribution is 2.19. The number of hydrogen-bond acceptors (Lipinski definition) is 3. The van der Waals surface area contributed by atoms with Crippen LogP contribution in [0.15, 0.2) is 35.0 Å². The van der Waals surface area contributed by atoms with Crippen molar-refractivity contribution in [2.24, 2.45) is 5.92 Å². The number of ether oxygens (including phenoxy) is 1. The molecule has 0 aliphatic heterocycles. The second kappa shape index (κ2) is 6.40. The molecule has 1 N–H and O–H groups in total. The van der Waals surface area contributed by atoms with Crippen LogP contribution in [0.25, 0.3) is 0 Å². The van der Waals surface area contributed by atoms with E-state index in [0.717, 1.165) is 25.0 Å². The molecule has 0 fully saturated rings. The van der Waals surface area contributed by atoms with Crippen molar-refractivity contribution in [1.82, 2.24) is 5.32 Å². The lowest BCUT2D eigenvalue weighted by Gasteiger charge is -2.19. The lowest BCUT2D eigenvalue weighted by Crippen LogP contribution is -2.34. The molecule has 0 spiro atoms. The Labute approximate surface area is 107 Å². The summed E-state index contributed by atoms with van der Waals surface area (Å²) in [6.07, 6.45) is 8.35. The highest BCUT2D eigenvalue weighted by Gasteiger charge is 2.20. The van der Waals surface area contributed by atoms with Crippen LogP contribution in [0.1, 0.15) is 31.1 Å². The van der Waals surface area contributed by atoms with Crippen LogP contribution >= 0.6 is 0 Å². The number of allylic oxidation sites excluding steroid dienone is 2. The van der Waals surface area contributed by atoms with Crippen LogP contribution < -0.4 is 5.32 Å². The van der Waals surface area contributed by atoms with Crippen molar-refractivity contribution in [1.29, 1.82) is 0 Å². The Morgan fingerprint density at radius 2 is 2.50 bits per heavy atom. The molecule has 1 aromatic heterocycles. The largest absolute Gasteiger partial charge is 0.467 e. The van der Waals surface area contributed by atoms with Crippen LogP contribution in [-0.2, 0) is 9.53 Å². The Bertz CT molecular complexity index is 397. The topological polar surface area (TPSA) is 51.5 Å². The van der Waals surface area contributed by atoms with E-state index < -0.39 is 0 Å². The zero-order valence-corrected chi connectivity index (χ0v) is 10.6. The van der Waals surface area contributed by atoms with E-state index in [1.807, 2.05) is 12.1 Å². The van der Waals surface area contributed by atoms with Gasteiger partial charge in [-0.2, -0.15) is 0 Å². The maximum Gasteiger partial charge on any atom is 0.223 e. The van der Waals surface area contributed by atoms with Crippen LogP contribution in [0.4, 0.5) is 0 Å². The highest BCUT2D eigenvalue weighted by atomic mass is 16.5. The number of hydrogen-bond donors (Lipinski definition) is 1. The lowest BCUT2D eigenvalue weighted by atomic mass is 9.93. The molecule has 0 unspecified atom stereocenters. The van der Waals surface area contributed by atoms with Gasteiger partial charge in [0.05, 0.1) is 12.8 Å². The molecule has 0 radical (unpaired) electrons. The summed E-state index contributed by atoms with van der Waals surface area (Å²) in [5, 5.41) is 2.93. The molecule has 0 bridgehead atoms. The SMILES string of the molecule is CO[C@@H](CNC(=O)[C@@H]1CC=CCC1)c1ccco1. The molecule has 18 heavy (non-hydrogen) atoms. The summed E-state index contributed by atoms with van der Waals surface area (Å²) in [6.45, 7) is 0.447. The Morgan fingerprint density at radius 1 is 1.61 bits per heavy atom. The number of carbonyl (C=O) groups is 1. The Balaban J connectivity index is 1.82. The lowest BCUT2D eigenvalue weighted by molar-refractivity contribution is -0.125. The summed E-state index contributed by atoms with van der Waals surface area (Å²) in [6, 6.07) is 3.67. The first-order valence-electron chi connectivity index (χ1n) is 6.30. The Kier molecular flexibility index (Phi) is 4.59. The van der Waals surface area contributed by atoms with Crippen LogP contribution in [0, 0.1) is 5.92 Å². The number of methoxy groups -OCH3 is 1. The molecule has 4 nitrogen and oxygen atoms in total. The van der Waals surface area contributed by atoms with E-state index >= 15 is 0 Å². The minimum absolute atomic E-state index is 0.101. The summed E-state index contributed by atoms with van der Waals surface area (Å²) in [4.78, 5) is 12.0. The van der Waals surface area contributed by atoms with Crippen molar-refractivity contribution < 1.29 is 13.9 Å². The first kappa shape index (κ1) is 12.9. The minimum Gasteiger partial charge on any atom is -0.467 e. The van der Waals surface area contributed by atoms with Crippen molar-refractivity contribution in [3.05, 3.63) is 36.3 Å². The van der Waals surface area contributed by atoms with Crippen molar-refractivity contribution in [2.75, 3.05) is 13.7 Å². The Morgan fingerprint density at radius 3 is 3.11 bits per heavy atom. The van der Waals surface area contributed by atoms with Crippen LogP contribution in [0.2, 0.25) is 0 Å². The zero-order chi connectivity index (χ0) is 12.8. The number of rotatable bonds is 5. The number of furan rings is 1. The fourth-order valence-electron chi connectivity index (χ4n) is 2.14. The first-order chi connectivity index (χ1) is 8.81. The predicted molar refractivity (Wildman–Crippen MR) is 67.9 cm³/mol. The van der Waals surface area contributed by atoms with E-state index in [1.165, 1.54) is 0 Å². The van der Waals surface area contributed by atoms with Gasteiger partial charge >= 0.3 is 0 Å². The third-order valence-electron chi connectivity index (χ3n) is 3.25. The second-order valence-electron chi connectivity index (χ2n) is 4.47. The van der Waals surface area contributed by atoms with Crippen LogP contribution in [-0.4, -0.2) is 19.6 Å². The van der Waals surface area contributed by atoms with Crippen molar-refractivity contribution in [2.45, 2.75) is 25.4 Å². The molecule has 0 saturated heterocycles. The first-order valence-corrected chi connectivity index (χ1v) is 6.30. The van der Waals surface area contributed by atoms with Gasteiger partial charge < -0.3 is 14.5 Å². The quantitative estimate of drug-likeness (QED) is 0.815. The van der Waals surface area contributed by atoms with Crippen LogP contribution in [0.5, 0.6) is 0 Å². The average molecular weight is 249 g/mol. The smallest absolute Gasteiger partial charge is 0.223 e. The third kappa shape index (κ3) is 3.23. The molecule has 98 valence electrons. The molecule has 1 aliphatic carbocycles. The predicted octanol–water partition coefficient (Wildman–Crippen LogP) is 2.44. The molecule has 0 saturated carbocycles. The van der Waals surface area contributed by atoms with E-state index in [4.69, 9.17) is 9.15 Å². The number of nitrogens with one attached hydrogen (secondary N) is 1. The summed E-state index contributed by atoms with van der Waals surface area (Å²) < 4.78 is 10.6. The molecule has 2 rings (SSSR count). The molecule has 1 amide bonds. The van der Waals surface area contributed by atoms with E-state index in [1.54, 1.807) is 13.4 Å². The van der Waals surface area contributed by atoms with Gasteiger partial charge in [0.2, 0.25) is 5.91 Å². The van der Waals surface area contributed by atoms with Gasteiger partial charge in [-0.15, -0.1) is 0 Å². The number of amides is 1. The van der Waals surface area contributed by atoms with E-state index in [-0.39, 0.29) is 17.9 Å². The monoisotopic (exact) mass is 249 g/mol. The second-order valence-corrected chi connectivity index (χ2v) is 4.47. The minimum atomic E-state index is -0.219. The fourth-order valence-corrected chi connectivity index (χ4v) is 2.14. The van der Waals surface area contributed by atoms with Crippen molar-refractivity contribution in [3.8, 4) is 0 Å². The molecule has 4 heteroatoms. The van der Waals surface area contributed by atoms with Gasteiger partial charge in [0, 0.05) is 13.0 Å². The molecular formula is C14H19NO3. The standard InChI is InChI=1S/C14H19NO3/c1-17-13(12-8-5-9-18-12)10-15-14(16)11-6-3-2-4-7-11/h2-3,5,8-9,11,13H,4,6-7,10H2,1H3,(H,15,16)/t11-,13+/m1/s1. The normalized spacial score (nSPS) is 20.6. The van der Waals surface area contributed by atoms with Gasteiger partial charge in [-0.05, 0) is 31.4 Å². The number of carbonyl (C=O) groups excluding carboxylic acids is 1. The molecule has 1 aliphatic rings. The highest BCUT2D eigenvalue weighted by molar-refractivity contribution is 5.79. The summed E-state index contributed by atoms with van der Waals surface area (Å²) in [5.74, 6) is 0.943. The molecule has 1 aromatic rings. The van der Waals surface area contributed by atoms with E-state index in [9.17, 15) is 4.79 Å². The van der Waals surface area contributed by atoms with E-state index in [2.05, 4.69) is 17.5 Å². The maximum atomic E-state index is 12.0. The van der Waals surface area contributed by atoms with Gasteiger partial charge in [0.25, 0.3) is 0 Å². The molecule has 0 aromatic carbocycles. The summed E-state index contributed by atoms with van der Waals surface area (Å²) in [7, 11) is 1.61.